The van der Waals surface area contributed by atoms with Crippen LogP contribution in [0, 0.1) is 0 Å². The van der Waals surface area contributed by atoms with E-state index in [1.807, 2.05) is 24.3 Å². The van der Waals surface area contributed by atoms with Gasteiger partial charge in [-0.05, 0) is 52.9 Å². The van der Waals surface area contributed by atoms with Crippen LogP contribution in [0.25, 0.3) is 11.1 Å². The normalized spacial score (nSPS) is 11.6. The molecule has 0 unspecified atom stereocenters. The third-order valence-corrected chi connectivity index (χ3v) is 3.89. The lowest BCUT2D eigenvalue weighted by atomic mass is 10.0. The van der Waals surface area contributed by atoms with E-state index in [1.54, 1.807) is 28.4 Å². The Morgan fingerprint density at radius 2 is 0.905 bits per heavy atom. The van der Waals surface area contributed by atoms with Crippen LogP contribution in [0.15, 0.2) is 24.3 Å². The van der Waals surface area contributed by atoms with Crippen LogP contribution in [-0.2, 0) is 6.42 Å². The highest BCUT2D eigenvalue weighted by molar-refractivity contribution is 5.81. The Labute approximate surface area is 124 Å². The van der Waals surface area contributed by atoms with Crippen molar-refractivity contribution < 1.29 is 18.9 Å². The summed E-state index contributed by atoms with van der Waals surface area (Å²) in [4.78, 5) is 0. The standard InChI is InChI=1S/C17H18O4/c1-18-14-6-10-5-11-7-15(19-2)17(21-4)9-13(11)12(10)8-16(14)20-3/h6-9H,5H2,1-4H3. The van der Waals surface area contributed by atoms with Gasteiger partial charge in [0.15, 0.2) is 23.0 Å². The highest BCUT2D eigenvalue weighted by atomic mass is 16.5. The summed E-state index contributed by atoms with van der Waals surface area (Å²) >= 11 is 0. The van der Waals surface area contributed by atoms with Crippen molar-refractivity contribution in [2.45, 2.75) is 6.42 Å². The topological polar surface area (TPSA) is 36.9 Å². The van der Waals surface area contributed by atoms with Gasteiger partial charge in [-0.3, -0.25) is 0 Å². The molecule has 0 amide bonds. The van der Waals surface area contributed by atoms with E-state index >= 15 is 0 Å². The van der Waals surface area contributed by atoms with Crippen molar-refractivity contribution in [2.75, 3.05) is 28.4 Å². The van der Waals surface area contributed by atoms with Crippen molar-refractivity contribution in [1.82, 2.24) is 0 Å². The minimum Gasteiger partial charge on any atom is -0.493 e. The van der Waals surface area contributed by atoms with E-state index in [2.05, 4.69) is 0 Å². The molecule has 0 saturated carbocycles. The van der Waals surface area contributed by atoms with E-state index in [1.165, 1.54) is 11.1 Å². The Hall–Kier alpha value is -2.36. The number of hydrogen-bond donors (Lipinski definition) is 0. The summed E-state index contributed by atoms with van der Waals surface area (Å²) in [5, 5.41) is 0. The van der Waals surface area contributed by atoms with Crippen molar-refractivity contribution in [3.8, 4) is 34.1 Å². The van der Waals surface area contributed by atoms with Crippen molar-refractivity contribution in [1.29, 1.82) is 0 Å². The molecule has 1 aliphatic carbocycles. The zero-order valence-electron chi connectivity index (χ0n) is 12.6. The van der Waals surface area contributed by atoms with Gasteiger partial charge in [-0.1, -0.05) is 0 Å². The SMILES string of the molecule is COc1cc2c(cc1OC)-c1cc(OC)c(OC)cc1C2. The molecule has 0 aliphatic heterocycles. The summed E-state index contributed by atoms with van der Waals surface area (Å²) in [5.41, 5.74) is 4.75. The smallest absolute Gasteiger partial charge is 0.161 e. The lowest BCUT2D eigenvalue weighted by Gasteiger charge is -2.12. The second kappa shape index (κ2) is 5.20. The zero-order chi connectivity index (χ0) is 15.0. The van der Waals surface area contributed by atoms with E-state index in [0.29, 0.717) is 0 Å². The first kappa shape index (κ1) is 13.6. The predicted octanol–water partition coefficient (Wildman–Crippen LogP) is 3.29. The third kappa shape index (κ3) is 2.07. The first-order chi connectivity index (χ1) is 10.2. The molecule has 0 saturated heterocycles. The van der Waals surface area contributed by atoms with Gasteiger partial charge in [0.05, 0.1) is 28.4 Å². The summed E-state index contributed by atoms with van der Waals surface area (Å²) in [5.74, 6) is 2.98. The van der Waals surface area contributed by atoms with Gasteiger partial charge in [-0.25, -0.2) is 0 Å². The minimum atomic E-state index is 0.735. The molecule has 0 spiro atoms. The molecule has 110 valence electrons. The molecule has 0 fully saturated rings. The molecule has 2 aromatic carbocycles. The van der Waals surface area contributed by atoms with Crippen LogP contribution in [-0.4, -0.2) is 28.4 Å². The van der Waals surface area contributed by atoms with Crippen LogP contribution >= 0.6 is 0 Å². The Bertz CT molecular complexity index is 632. The van der Waals surface area contributed by atoms with Gasteiger partial charge in [0.2, 0.25) is 0 Å². The monoisotopic (exact) mass is 286 g/mol. The molecule has 0 bridgehead atoms. The van der Waals surface area contributed by atoms with Gasteiger partial charge in [-0.2, -0.15) is 0 Å². The van der Waals surface area contributed by atoms with Crippen LogP contribution in [0.3, 0.4) is 0 Å². The summed E-state index contributed by atoms with van der Waals surface area (Å²) in [7, 11) is 6.60. The average molecular weight is 286 g/mol. The second-order valence-electron chi connectivity index (χ2n) is 4.91. The quantitative estimate of drug-likeness (QED) is 0.737. The second-order valence-corrected chi connectivity index (χ2v) is 4.91. The molecule has 0 N–H and O–H groups in total. The molecule has 4 heteroatoms. The van der Waals surface area contributed by atoms with E-state index in [4.69, 9.17) is 18.9 Å². The first-order valence-corrected chi connectivity index (χ1v) is 6.72. The van der Waals surface area contributed by atoms with Crippen LogP contribution in [0.2, 0.25) is 0 Å². The van der Waals surface area contributed by atoms with Crippen molar-refractivity contribution >= 4 is 0 Å². The molecular weight excluding hydrogens is 268 g/mol. The fourth-order valence-electron chi connectivity index (χ4n) is 2.84. The first-order valence-electron chi connectivity index (χ1n) is 6.72. The Kier molecular flexibility index (Phi) is 3.37. The number of rotatable bonds is 4. The summed E-state index contributed by atoms with van der Waals surface area (Å²) < 4.78 is 21.5. The molecule has 0 radical (unpaired) electrons. The van der Waals surface area contributed by atoms with Gasteiger partial charge in [0.25, 0.3) is 0 Å². The number of hydrogen-bond acceptors (Lipinski definition) is 4. The van der Waals surface area contributed by atoms with Crippen LogP contribution < -0.4 is 18.9 Å². The van der Waals surface area contributed by atoms with Gasteiger partial charge in [-0.15, -0.1) is 0 Å². The zero-order valence-corrected chi connectivity index (χ0v) is 12.6. The molecule has 1 aliphatic rings. The van der Waals surface area contributed by atoms with E-state index in [0.717, 1.165) is 40.5 Å². The number of fused-ring (bicyclic) bond motifs is 3. The van der Waals surface area contributed by atoms with E-state index < -0.39 is 0 Å². The average Bonchev–Trinajstić information content (AvgIpc) is 2.88. The van der Waals surface area contributed by atoms with Gasteiger partial charge in [0, 0.05) is 0 Å². The number of methoxy groups -OCH3 is 4. The summed E-state index contributed by atoms with van der Waals surface area (Å²) in [6.45, 7) is 0. The number of ether oxygens (including phenoxy) is 4. The fourth-order valence-corrected chi connectivity index (χ4v) is 2.84. The van der Waals surface area contributed by atoms with Gasteiger partial charge in [0.1, 0.15) is 0 Å². The lowest BCUT2D eigenvalue weighted by Crippen LogP contribution is -1.92. The van der Waals surface area contributed by atoms with E-state index in [9.17, 15) is 0 Å². The van der Waals surface area contributed by atoms with E-state index in [-0.39, 0.29) is 0 Å². The Morgan fingerprint density at radius 3 is 1.24 bits per heavy atom. The predicted molar refractivity (Wildman–Crippen MR) is 80.9 cm³/mol. The largest absolute Gasteiger partial charge is 0.493 e. The number of benzene rings is 2. The van der Waals surface area contributed by atoms with Crippen molar-refractivity contribution in [2.24, 2.45) is 0 Å². The maximum atomic E-state index is 5.40. The van der Waals surface area contributed by atoms with Crippen LogP contribution in [0.5, 0.6) is 23.0 Å². The molecule has 2 aromatic rings. The van der Waals surface area contributed by atoms with Crippen molar-refractivity contribution in [3.05, 3.63) is 35.4 Å². The molecule has 0 aromatic heterocycles. The molecule has 0 atom stereocenters. The highest BCUT2D eigenvalue weighted by Gasteiger charge is 2.24. The molecular formula is C17H18O4. The Morgan fingerprint density at radius 1 is 0.571 bits per heavy atom. The van der Waals surface area contributed by atoms with Gasteiger partial charge < -0.3 is 18.9 Å². The van der Waals surface area contributed by atoms with Crippen molar-refractivity contribution in [3.63, 3.8) is 0 Å². The lowest BCUT2D eigenvalue weighted by molar-refractivity contribution is 0.354. The maximum Gasteiger partial charge on any atom is 0.161 e. The van der Waals surface area contributed by atoms with Crippen LogP contribution in [0.4, 0.5) is 0 Å². The molecule has 3 rings (SSSR count). The summed E-state index contributed by atoms with van der Waals surface area (Å²) in [6, 6.07) is 8.11. The molecule has 0 heterocycles. The third-order valence-electron chi connectivity index (χ3n) is 3.89. The minimum absolute atomic E-state index is 0.735. The fraction of sp³-hybridized carbons (Fsp3) is 0.294. The summed E-state index contributed by atoms with van der Waals surface area (Å²) in [6.07, 6.45) is 0.853. The Balaban J connectivity index is 2.17. The highest BCUT2D eigenvalue weighted by Crippen LogP contribution is 2.46. The van der Waals surface area contributed by atoms with Gasteiger partial charge >= 0.3 is 0 Å². The molecule has 4 nitrogen and oxygen atoms in total. The van der Waals surface area contributed by atoms with Crippen LogP contribution in [0.1, 0.15) is 11.1 Å². The maximum absolute atomic E-state index is 5.40. The molecule has 21 heavy (non-hydrogen) atoms.